The van der Waals surface area contributed by atoms with Crippen molar-refractivity contribution in [1.29, 1.82) is 0 Å². The first kappa shape index (κ1) is 21.7. The molecule has 166 valence electrons. The Hall–Kier alpha value is -2.56. The molecular formula is C26H32O5. The SMILES string of the molecule is CCOC(=O)[C@H]1[C@H](c2ccc3c(c2)OCO3)C12C=C(C(C)(C)C)C(=O)C(C(C)(C)C)=C2. The predicted octanol–water partition coefficient (Wildman–Crippen LogP) is 5.21. The first-order valence-electron chi connectivity index (χ1n) is 11.0. The molecule has 1 heterocycles. The normalized spacial score (nSPS) is 24.0. The number of carbonyl (C=O) groups is 2. The number of allylic oxidation sites excluding steroid dienone is 4. The lowest BCUT2D eigenvalue weighted by Crippen LogP contribution is -2.31. The second kappa shape index (κ2) is 6.98. The highest BCUT2D eigenvalue weighted by molar-refractivity contribution is 6.11. The van der Waals surface area contributed by atoms with Gasteiger partial charge in [-0.25, -0.2) is 0 Å². The molecule has 31 heavy (non-hydrogen) atoms. The van der Waals surface area contributed by atoms with Crippen LogP contribution in [0.3, 0.4) is 0 Å². The van der Waals surface area contributed by atoms with Crippen molar-refractivity contribution in [2.45, 2.75) is 54.4 Å². The van der Waals surface area contributed by atoms with Gasteiger partial charge in [-0.3, -0.25) is 9.59 Å². The van der Waals surface area contributed by atoms with Crippen LogP contribution < -0.4 is 9.47 Å². The molecule has 1 spiro atoms. The van der Waals surface area contributed by atoms with Crippen molar-refractivity contribution in [3.05, 3.63) is 47.1 Å². The molecule has 0 amide bonds. The molecule has 5 heteroatoms. The number of carbonyl (C=O) groups excluding carboxylic acids is 2. The smallest absolute Gasteiger partial charge is 0.310 e. The van der Waals surface area contributed by atoms with Gasteiger partial charge in [0.05, 0.1) is 12.5 Å². The lowest BCUT2D eigenvalue weighted by atomic mass is 9.69. The Labute approximate surface area is 184 Å². The average molecular weight is 425 g/mol. The molecule has 0 radical (unpaired) electrons. The molecule has 1 aromatic carbocycles. The van der Waals surface area contributed by atoms with E-state index in [1.807, 2.05) is 78.8 Å². The molecule has 0 aromatic heterocycles. The van der Waals surface area contributed by atoms with E-state index in [1.54, 1.807) is 0 Å². The fourth-order valence-electron chi connectivity index (χ4n) is 4.88. The van der Waals surface area contributed by atoms with Crippen molar-refractivity contribution in [2.24, 2.45) is 22.2 Å². The lowest BCUT2D eigenvalue weighted by molar-refractivity contribution is -0.145. The third kappa shape index (κ3) is 3.48. The summed E-state index contributed by atoms with van der Waals surface area (Å²) >= 11 is 0. The standard InChI is InChI=1S/C26H32O5/c1-8-29-23(28)21-20(15-9-10-18-19(11-15)31-14-30-18)26(21)12-16(24(2,3)4)22(27)17(13-26)25(5,6)7/h9-13,20-21H,8,14H2,1-7H3/t20-,21+/m0/s1. The molecule has 0 N–H and O–H groups in total. The molecule has 2 atom stereocenters. The van der Waals surface area contributed by atoms with Crippen LogP contribution in [-0.4, -0.2) is 25.2 Å². The van der Waals surface area contributed by atoms with Crippen LogP contribution in [-0.2, 0) is 14.3 Å². The second-order valence-electron chi connectivity index (χ2n) is 10.8. The van der Waals surface area contributed by atoms with Crippen LogP contribution in [0.4, 0.5) is 0 Å². The van der Waals surface area contributed by atoms with Crippen molar-refractivity contribution < 1.29 is 23.8 Å². The molecule has 5 nitrogen and oxygen atoms in total. The first-order valence-corrected chi connectivity index (χ1v) is 11.0. The van der Waals surface area contributed by atoms with Gasteiger partial charge in [-0.15, -0.1) is 0 Å². The fraction of sp³-hybridized carbons (Fsp3) is 0.538. The number of rotatable bonds is 3. The van der Waals surface area contributed by atoms with Crippen molar-refractivity contribution in [3.8, 4) is 11.5 Å². The van der Waals surface area contributed by atoms with Gasteiger partial charge in [-0.1, -0.05) is 59.8 Å². The zero-order valence-corrected chi connectivity index (χ0v) is 19.5. The van der Waals surface area contributed by atoms with E-state index in [0.29, 0.717) is 18.1 Å². The molecule has 1 aliphatic heterocycles. The summed E-state index contributed by atoms with van der Waals surface area (Å²) in [5.74, 6) is 0.744. The van der Waals surface area contributed by atoms with Gasteiger partial charge >= 0.3 is 5.97 Å². The van der Waals surface area contributed by atoms with Crippen molar-refractivity contribution in [1.82, 2.24) is 0 Å². The highest BCUT2D eigenvalue weighted by Gasteiger charge is 2.69. The highest BCUT2D eigenvalue weighted by Crippen LogP contribution is 2.70. The largest absolute Gasteiger partial charge is 0.466 e. The van der Waals surface area contributed by atoms with Crippen LogP contribution in [0.15, 0.2) is 41.5 Å². The number of hydrogen-bond acceptors (Lipinski definition) is 5. The quantitative estimate of drug-likeness (QED) is 0.624. The Morgan fingerprint density at radius 1 is 1.03 bits per heavy atom. The third-order valence-corrected chi connectivity index (χ3v) is 6.49. The van der Waals surface area contributed by atoms with Gasteiger partial charge < -0.3 is 14.2 Å². The maximum Gasteiger partial charge on any atom is 0.310 e. The van der Waals surface area contributed by atoms with Gasteiger partial charge in [0.1, 0.15) is 0 Å². The number of esters is 1. The monoisotopic (exact) mass is 424 g/mol. The van der Waals surface area contributed by atoms with E-state index >= 15 is 0 Å². The van der Waals surface area contributed by atoms with Crippen LogP contribution in [0, 0.1) is 22.2 Å². The second-order valence-corrected chi connectivity index (χ2v) is 10.8. The molecule has 1 fully saturated rings. The van der Waals surface area contributed by atoms with E-state index in [-0.39, 0.29) is 41.2 Å². The minimum absolute atomic E-state index is 0.0737. The molecule has 1 saturated carbocycles. The zero-order valence-electron chi connectivity index (χ0n) is 19.5. The van der Waals surface area contributed by atoms with Gasteiger partial charge in [-0.2, -0.15) is 0 Å². The maximum atomic E-state index is 13.4. The summed E-state index contributed by atoms with van der Waals surface area (Å²) in [7, 11) is 0. The summed E-state index contributed by atoms with van der Waals surface area (Å²) in [5, 5.41) is 0. The van der Waals surface area contributed by atoms with Crippen LogP contribution >= 0.6 is 0 Å². The summed E-state index contributed by atoms with van der Waals surface area (Å²) in [6.07, 6.45) is 4.09. The minimum atomic E-state index is -0.584. The Balaban J connectivity index is 1.89. The van der Waals surface area contributed by atoms with Gasteiger partial charge in [0.15, 0.2) is 17.3 Å². The predicted molar refractivity (Wildman–Crippen MR) is 118 cm³/mol. The summed E-state index contributed by atoms with van der Waals surface area (Å²) in [4.78, 5) is 26.5. The summed E-state index contributed by atoms with van der Waals surface area (Å²) < 4.78 is 16.5. The molecular weight excluding hydrogens is 392 g/mol. The zero-order chi connectivity index (χ0) is 22.8. The lowest BCUT2D eigenvalue weighted by Gasteiger charge is -2.34. The number of Topliss-reactive ketones (excluding diaryl/α,β-unsaturated/α-hetero) is 1. The fourth-order valence-corrected chi connectivity index (χ4v) is 4.88. The van der Waals surface area contributed by atoms with Crippen molar-refractivity contribution in [3.63, 3.8) is 0 Å². The van der Waals surface area contributed by atoms with Gasteiger partial charge in [0, 0.05) is 22.5 Å². The van der Waals surface area contributed by atoms with Crippen LogP contribution in [0.2, 0.25) is 0 Å². The van der Waals surface area contributed by atoms with E-state index in [0.717, 1.165) is 16.7 Å². The van der Waals surface area contributed by atoms with Crippen LogP contribution in [0.1, 0.15) is 59.9 Å². The van der Waals surface area contributed by atoms with E-state index in [1.165, 1.54) is 0 Å². The molecule has 3 aliphatic rings. The number of ketones is 1. The van der Waals surface area contributed by atoms with Crippen LogP contribution in [0.25, 0.3) is 0 Å². The number of fused-ring (bicyclic) bond motifs is 1. The highest BCUT2D eigenvalue weighted by atomic mass is 16.7. The first-order chi connectivity index (χ1) is 14.4. The van der Waals surface area contributed by atoms with E-state index in [4.69, 9.17) is 14.2 Å². The Morgan fingerprint density at radius 2 is 1.61 bits per heavy atom. The molecule has 0 saturated heterocycles. The van der Waals surface area contributed by atoms with Crippen molar-refractivity contribution >= 4 is 11.8 Å². The topological polar surface area (TPSA) is 61.8 Å². The number of benzene rings is 1. The molecule has 0 unspecified atom stereocenters. The van der Waals surface area contributed by atoms with Crippen molar-refractivity contribution in [2.75, 3.05) is 13.4 Å². The molecule has 2 aliphatic carbocycles. The molecule has 1 aromatic rings. The average Bonchev–Trinajstić information content (AvgIpc) is 3.04. The Morgan fingerprint density at radius 3 is 2.16 bits per heavy atom. The Kier molecular flexibility index (Phi) is 4.87. The maximum absolute atomic E-state index is 13.4. The minimum Gasteiger partial charge on any atom is -0.466 e. The van der Waals surface area contributed by atoms with Gasteiger partial charge in [0.25, 0.3) is 0 Å². The summed E-state index contributed by atoms with van der Waals surface area (Å²) in [6, 6.07) is 5.84. The molecule has 0 bridgehead atoms. The van der Waals surface area contributed by atoms with Crippen LogP contribution in [0.5, 0.6) is 11.5 Å². The van der Waals surface area contributed by atoms with Gasteiger partial charge in [0.2, 0.25) is 6.79 Å². The van der Waals surface area contributed by atoms with E-state index in [9.17, 15) is 9.59 Å². The van der Waals surface area contributed by atoms with E-state index < -0.39 is 5.41 Å². The summed E-state index contributed by atoms with van der Waals surface area (Å²) in [6.45, 7) is 14.6. The summed E-state index contributed by atoms with van der Waals surface area (Å²) in [5.41, 5.74) is 1.26. The third-order valence-electron chi connectivity index (χ3n) is 6.49. The molecule has 4 rings (SSSR count). The number of hydrogen-bond donors (Lipinski definition) is 0. The Bertz CT molecular complexity index is 966. The van der Waals surface area contributed by atoms with Gasteiger partial charge in [-0.05, 0) is 35.4 Å². The number of ether oxygens (including phenoxy) is 3. The van der Waals surface area contributed by atoms with E-state index in [2.05, 4.69) is 0 Å².